The molecular formula is C11H12BrNO. The summed E-state index contributed by atoms with van der Waals surface area (Å²) in [6, 6.07) is 5.93. The molecule has 0 aliphatic carbocycles. The van der Waals surface area contributed by atoms with Crippen LogP contribution in [0, 0.1) is 6.92 Å². The van der Waals surface area contributed by atoms with Crippen molar-refractivity contribution in [3.8, 4) is 0 Å². The molecule has 14 heavy (non-hydrogen) atoms. The Labute approximate surface area is 91.2 Å². The molecule has 0 fully saturated rings. The number of benzene rings is 1. The van der Waals surface area contributed by atoms with Crippen LogP contribution in [0.4, 0.5) is 0 Å². The molecule has 0 aliphatic rings. The van der Waals surface area contributed by atoms with Crippen molar-refractivity contribution in [2.45, 2.75) is 19.9 Å². The van der Waals surface area contributed by atoms with E-state index in [0.29, 0.717) is 0 Å². The summed E-state index contributed by atoms with van der Waals surface area (Å²) < 4.78 is 6.73. The zero-order chi connectivity index (χ0) is 10.3. The Hall–Kier alpha value is -0.800. The molecule has 0 aliphatic heterocycles. The van der Waals surface area contributed by atoms with Crippen molar-refractivity contribution < 1.29 is 4.42 Å². The van der Waals surface area contributed by atoms with Gasteiger partial charge in [-0.1, -0.05) is 15.9 Å². The second kappa shape index (κ2) is 3.41. The third-order valence-corrected chi connectivity index (χ3v) is 2.84. The van der Waals surface area contributed by atoms with E-state index in [1.165, 1.54) is 0 Å². The molecule has 3 heteroatoms. The van der Waals surface area contributed by atoms with Crippen LogP contribution in [0.5, 0.6) is 0 Å². The van der Waals surface area contributed by atoms with Crippen LogP contribution in [0.2, 0.25) is 0 Å². The van der Waals surface area contributed by atoms with E-state index in [9.17, 15) is 0 Å². The van der Waals surface area contributed by atoms with Crippen molar-refractivity contribution in [3.05, 3.63) is 34.0 Å². The van der Waals surface area contributed by atoms with E-state index in [2.05, 4.69) is 22.0 Å². The molecule has 2 N–H and O–H groups in total. The molecule has 74 valence electrons. The van der Waals surface area contributed by atoms with E-state index in [1.807, 2.05) is 26.0 Å². The van der Waals surface area contributed by atoms with Crippen LogP contribution >= 0.6 is 15.9 Å². The summed E-state index contributed by atoms with van der Waals surface area (Å²) in [5.74, 6) is 0.873. The first kappa shape index (κ1) is 9.74. The van der Waals surface area contributed by atoms with Gasteiger partial charge in [0.1, 0.15) is 11.3 Å². The largest absolute Gasteiger partial charge is 0.459 e. The number of aryl methyl sites for hydroxylation is 1. The minimum Gasteiger partial charge on any atom is -0.459 e. The van der Waals surface area contributed by atoms with Gasteiger partial charge in [-0.25, -0.2) is 0 Å². The molecule has 1 unspecified atom stereocenters. The molecule has 1 heterocycles. The lowest BCUT2D eigenvalue weighted by molar-refractivity contribution is 0.509. The topological polar surface area (TPSA) is 39.2 Å². The van der Waals surface area contributed by atoms with Crippen LogP contribution < -0.4 is 5.73 Å². The summed E-state index contributed by atoms with van der Waals surface area (Å²) in [5.41, 5.74) is 7.85. The van der Waals surface area contributed by atoms with Crippen LogP contribution in [0.1, 0.15) is 24.3 Å². The minimum atomic E-state index is -0.0545. The molecule has 1 atom stereocenters. The maximum Gasteiger partial charge on any atom is 0.134 e. The zero-order valence-corrected chi connectivity index (χ0v) is 9.76. The lowest BCUT2D eigenvalue weighted by Gasteiger charge is -2.00. The third-order valence-electron chi connectivity index (χ3n) is 2.35. The van der Waals surface area contributed by atoms with Crippen molar-refractivity contribution in [3.63, 3.8) is 0 Å². The Morgan fingerprint density at radius 3 is 2.79 bits per heavy atom. The number of fused-ring (bicyclic) bond motifs is 1. The molecule has 1 aromatic heterocycles. The smallest absolute Gasteiger partial charge is 0.134 e. The van der Waals surface area contributed by atoms with Crippen molar-refractivity contribution in [1.29, 1.82) is 0 Å². The van der Waals surface area contributed by atoms with Crippen LogP contribution in [0.15, 0.2) is 27.1 Å². The molecule has 0 saturated carbocycles. The van der Waals surface area contributed by atoms with E-state index >= 15 is 0 Å². The Kier molecular flexibility index (Phi) is 2.37. The molecule has 0 amide bonds. The molecular weight excluding hydrogens is 242 g/mol. The van der Waals surface area contributed by atoms with Crippen LogP contribution in [-0.2, 0) is 0 Å². The number of furan rings is 1. The van der Waals surface area contributed by atoms with Gasteiger partial charge in [0.05, 0.1) is 6.04 Å². The number of hydrogen-bond acceptors (Lipinski definition) is 2. The van der Waals surface area contributed by atoms with Crippen molar-refractivity contribution in [2.75, 3.05) is 0 Å². The van der Waals surface area contributed by atoms with E-state index in [4.69, 9.17) is 10.2 Å². The highest BCUT2D eigenvalue weighted by atomic mass is 79.9. The molecule has 2 aromatic rings. The van der Waals surface area contributed by atoms with Crippen molar-refractivity contribution in [2.24, 2.45) is 5.73 Å². The van der Waals surface area contributed by atoms with Crippen LogP contribution in [-0.4, -0.2) is 0 Å². The molecule has 2 nitrogen and oxygen atoms in total. The van der Waals surface area contributed by atoms with Crippen LogP contribution in [0.25, 0.3) is 11.0 Å². The summed E-state index contributed by atoms with van der Waals surface area (Å²) in [6.45, 7) is 3.97. The molecule has 2 rings (SSSR count). The zero-order valence-electron chi connectivity index (χ0n) is 8.17. The van der Waals surface area contributed by atoms with Crippen LogP contribution in [0.3, 0.4) is 0 Å². The highest BCUT2D eigenvalue weighted by Gasteiger charge is 2.13. The van der Waals surface area contributed by atoms with E-state index in [1.54, 1.807) is 0 Å². The fourth-order valence-electron chi connectivity index (χ4n) is 1.65. The maximum absolute atomic E-state index is 5.81. The molecule has 0 saturated heterocycles. The van der Waals surface area contributed by atoms with E-state index in [-0.39, 0.29) is 6.04 Å². The van der Waals surface area contributed by atoms with E-state index < -0.39 is 0 Å². The summed E-state index contributed by atoms with van der Waals surface area (Å²) in [7, 11) is 0. The lowest BCUT2D eigenvalue weighted by Crippen LogP contribution is -2.04. The maximum atomic E-state index is 5.81. The van der Waals surface area contributed by atoms with Gasteiger partial charge in [0.25, 0.3) is 0 Å². The fourth-order valence-corrected chi connectivity index (χ4v) is 2.01. The van der Waals surface area contributed by atoms with Crippen molar-refractivity contribution >= 4 is 26.9 Å². The Morgan fingerprint density at radius 2 is 2.14 bits per heavy atom. The second-order valence-corrected chi connectivity index (χ2v) is 4.44. The van der Waals surface area contributed by atoms with Gasteiger partial charge in [-0.3, -0.25) is 0 Å². The van der Waals surface area contributed by atoms with Gasteiger partial charge in [0.15, 0.2) is 0 Å². The predicted molar refractivity (Wildman–Crippen MR) is 61.3 cm³/mol. The molecule has 0 bridgehead atoms. The van der Waals surface area contributed by atoms with Gasteiger partial charge >= 0.3 is 0 Å². The summed E-state index contributed by atoms with van der Waals surface area (Å²) >= 11 is 3.44. The first-order chi connectivity index (χ1) is 6.59. The first-order valence-electron chi connectivity index (χ1n) is 4.53. The Morgan fingerprint density at radius 1 is 1.43 bits per heavy atom. The average molecular weight is 254 g/mol. The van der Waals surface area contributed by atoms with E-state index in [0.717, 1.165) is 26.8 Å². The summed E-state index contributed by atoms with van der Waals surface area (Å²) in [5, 5.41) is 1.13. The molecule has 1 aromatic carbocycles. The highest BCUT2D eigenvalue weighted by molar-refractivity contribution is 9.10. The van der Waals surface area contributed by atoms with Gasteiger partial charge in [0, 0.05) is 15.4 Å². The Bertz CT molecular complexity index is 473. The SMILES string of the molecule is Cc1c(C(C)N)oc2ccc(Br)cc12. The van der Waals surface area contributed by atoms with Gasteiger partial charge in [-0.15, -0.1) is 0 Å². The number of halogens is 1. The number of hydrogen-bond donors (Lipinski definition) is 1. The first-order valence-corrected chi connectivity index (χ1v) is 5.33. The number of rotatable bonds is 1. The third kappa shape index (κ3) is 1.47. The van der Waals surface area contributed by atoms with Crippen molar-refractivity contribution in [1.82, 2.24) is 0 Å². The quantitative estimate of drug-likeness (QED) is 0.845. The standard InChI is InChI=1S/C11H12BrNO/c1-6-9-5-8(12)3-4-10(9)14-11(6)7(2)13/h3-5,7H,13H2,1-2H3. The predicted octanol–water partition coefficient (Wildman–Crippen LogP) is 3.52. The van der Waals surface area contributed by atoms with Gasteiger partial charge < -0.3 is 10.2 Å². The minimum absolute atomic E-state index is 0.0545. The molecule has 0 spiro atoms. The summed E-state index contributed by atoms with van der Waals surface area (Å²) in [6.07, 6.45) is 0. The average Bonchev–Trinajstić information content (AvgIpc) is 2.44. The normalized spacial score (nSPS) is 13.4. The second-order valence-electron chi connectivity index (χ2n) is 3.52. The molecule has 0 radical (unpaired) electrons. The van der Waals surface area contributed by atoms with Gasteiger partial charge in [-0.2, -0.15) is 0 Å². The Balaban J connectivity index is 2.74. The number of nitrogens with two attached hydrogens (primary N) is 1. The summed E-state index contributed by atoms with van der Waals surface area (Å²) in [4.78, 5) is 0. The lowest BCUT2D eigenvalue weighted by atomic mass is 10.1. The van der Waals surface area contributed by atoms with Gasteiger partial charge in [-0.05, 0) is 32.0 Å². The van der Waals surface area contributed by atoms with Gasteiger partial charge in [0.2, 0.25) is 0 Å². The fraction of sp³-hybridized carbons (Fsp3) is 0.273. The highest BCUT2D eigenvalue weighted by Crippen LogP contribution is 2.30. The monoisotopic (exact) mass is 253 g/mol.